The minimum Gasteiger partial charge on any atom is -0.497 e. The van der Waals surface area contributed by atoms with E-state index in [0.29, 0.717) is 42.3 Å². The fourth-order valence-corrected chi connectivity index (χ4v) is 4.58. The molecular formula is C30H33FO5. The van der Waals surface area contributed by atoms with Crippen molar-refractivity contribution < 1.29 is 28.1 Å². The molecule has 3 aromatic rings. The van der Waals surface area contributed by atoms with Gasteiger partial charge in [0.15, 0.2) is 0 Å². The number of carbonyl (C=O) groups excluding carboxylic acids is 1. The van der Waals surface area contributed by atoms with E-state index >= 15 is 0 Å². The average Bonchev–Trinajstić information content (AvgIpc) is 3.30. The lowest BCUT2D eigenvalue weighted by molar-refractivity contribution is -0.141. The standard InChI is InChI=1S/C30H33FO5/c1-4-5-14-35-29-15-20(6-12-25(29)27-17-23(33-2)11-13-28(27)31)19-36-24-10-9-21-7-8-22(26(21)18-24)16-30(32)34-3/h6,9-13,15,17-18,22H,4-5,7-8,14,16,19H2,1-3H3/t22-/m0/s1. The predicted molar refractivity (Wildman–Crippen MR) is 137 cm³/mol. The van der Waals surface area contributed by atoms with Crippen molar-refractivity contribution >= 4 is 5.97 Å². The second kappa shape index (κ2) is 11.9. The molecule has 0 amide bonds. The van der Waals surface area contributed by atoms with Crippen LogP contribution in [-0.2, 0) is 22.6 Å². The maximum Gasteiger partial charge on any atom is 0.306 e. The summed E-state index contributed by atoms with van der Waals surface area (Å²) in [5.41, 5.74) is 4.44. The average molecular weight is 493 g/mol. The molecule has 3 aromatic carbocycles. The van der Waals surface area contributed by atoms with E-state index < -0.39 is 0 Å². The third-order valence-electron chi connectivity index (χ3n) is 6.63. The molecule has 6 heteroatoms. The number of benzene rings is 3. The molecule has 0 N–H and O–H groups in total. The van der Waals surface area contributed by atoms with Gasteiger partial charge in [0.25, 0.3) is 0 Å². The quantitative estimate of drug-likeness (QED) is 0.216. The number of ether oxygens (including phenoxy) is 4. The van der Waals surface area contributed by atoms with Crippen LogP contribution in [0, 0.1) is 5.82 Å². The van der Waals surface area contributed by atoms with E-state index in [-0.39, 0.29) is 17.7 Å². The van der Waals surface area contributed by atoms with Crippen LogP contribution in [0.4, 0.5) is 4.39 Å². The summed E-state index contributed by atoms with van der Waals surface area (Å²) in [7, 11) is 2.98. The molecule has 1 aliphatic rings. The van der Waals surface area contributed by atoms with Crippen molar-refractivity contribution in [3.63, 3.8) is 0 Å². The van der Waals surface area contributed by atoms with Crippen molar-refractivity contribution in [2.24, 2.45) is 0 Å². The number of hydrogen-bond donors (Lipinski definition) is 0. The Bertz CT molecular complexity index is 1210. The van der Waals surface area contributed by atoms with Crippen LogP contribution in [0.1, 0.15) is 55.2 Å². The van der Waals surface area contributed by atoms with Gasteiger partial charge in [0.2, 0.25) is 0 Å². The molecule has 0 spiro atoms. The number of unbranched alkanes of at least 4 members (excludes halogenated alkanes) is 1. The van der Waals surface area contributed by atoms with Crippen molar-refractivity contribution in [1.29, 1.82) is 0 Å². The Balaban J connectivity index is 1.54. The van der Waals surface area contributed by atoms with E-state index in [9.17, 15) is 9.18 Å². The highest BCUT2D eigenvalue weighted by atomic mass is 19.1. The second-order valence-electron chi connectivity index (χ2n) is 9.04. The Kier molecular flexibility index (Phi) is 8.47. The minimum absolute atomic E-state index is 0.159. The number of halogens is 1. The highest BCUT2D eigenvalue weighted by Gasteiger charge is 2.25. The van der Waals surface area contributed by atoms with Crippen molar-refractivity contribution in [2.75, 3.05) is 20.8 Å². The molecule has 0 fully saturated rings. The summed E-state index contributed by atoms with van der Waals surface area (Å²) in [5.74, 6) is 1.58. The molecule has 4 rings (SSSR count). The van der Waals surface area contributed by atoms with E-state index in [4.69, 9.17) is 18.9 Å². The van der Waals surface area contributed by atoms with Gasteiger partial charge in [-0.15, -0.1) is 0 Å². The minimum atomic E-state index is -0.334. The maximum absolute atomic E-state index is 14.7. The smallest absolute Gasteiger partial charge is 0.306 e. The number of carbonyl (C=O) groups is 1. The monoisotopic (exact) mass is 492 g/mol. The van der Waals surface area contributed by atoms with Crippen LogP contribution in [0.25, 0.3) is 11.1 Å². The second-order valence-corrected chi connectivity index (χ2v) is 9.04. The topological polar surface area (TPSA) is 54.0 Å². The predicted octanol–water partition coefficient (Wildman–Crippen LogP) is 6.85. The SMILES string of the molecule is CCCCOc1cc(COc2ccc3c(c2)[C@H](CC(=O)OC)CC3)ccc1-c1cc(OC)ccc1F. The first kappa shape index (κ1) is 25.5. The number of rotatable bonds is 11. The molecule has 0 aromatic heterocycles. The number of aryl methyl sites for hydroxylation is 1. The molecule has 0 aliphatic heterocycles. The van der Waals surface area contributed by atoms with Gasteiger partial charge in [0.05, 0.1) is 27.2 Å². The molecule has 5 nitrogen and oxygen atoms in total. The summed E-state index contributed by atoms with van der Waals surface area (Å²) in [6, 6.07) is 16.5. The molecule has 1 aliphatic carbocycles. The van der Waals surface area contributed by atoms with E-state index in [0.717, 1.165) is 42.6 Å². The Hall–Kier alpha value is -3.54. The van der Waals surface area contributed by atoms with Gasteiger partial charge < -0.3 is 18.9 Å². The number of esters is 1. The summed E-state index contributed by atoms with van der Waals surface area (Å²) in [6.45, 7) is 2.99. The van der Waals surface area contributed by atoms with Gasteiger partial charge in [-0.3, -0.25) is 4.79 Å². The molecule has 0 saturated heterocycles. The van der Waals surface area contributed by atoms with Crippen LogP contribution in [0.2, 0.25) is 0 Å². The first-order valence-electron chi connectivity index (χ1n) is 12.4. The van der Waals surface area contributed by atoms with Crippen LogP contribution in [0.3, 0.4) is 0 Å². The summed E-state index contributed by atoms with van der Waals surface area (Å²) >= 11 is 0. The Morgan fingerprint density at radius 3 is 2.58 bits per heavy atom. The van der Waals surface area contributed by atoms with Crippen LogP contribution >= 0.6 is 0 Å². The molecule has 36 heavy (non-hydrogen) atoms. The van der Waals surface area contributed by atoms with E-state index in [2.05, 4.69) is 13.0 Å². The summed E-state index contributed by atoms with van der Waals surface area (Å²) in [6.07, 6.45) is 4.18. The molecule has 0 radical (unpaired) electrons. The van der Waals surface area contributed by atoms with Crippen molar-refractivity contribution in [1.82, 2.24) is 0 Å². The first-order valence-corrected chi connectivity index (χ1v) is 12.4. The Labute approximate surface area is 212 Å². The third kappa shape index (κ3) is 5.99. The van der Waals surface area contributed by atoms with Crippen LogP contribution in [0.15, 0.2) is 54.6 Å². The molecule has 0 bridgehead atoms. The van der Waals surface area contributed by atoms with Crippen molar-refractivity contribution in [2.45, 2.75) is 51.6 Å². The summed E-state index contributed by atoms with van der Waals surface area (Å²) < 4.78 is 37.0. The lowest BCUT2D eigenvalue weighted by atomic mass is 9.98. The normalized spacial score (nSPS) is 14.3. The number of hydrogen-bond acceptors (Lipinski definition) is 5. The van der Waals surface area contributed by atoms with Gasteiger partial charge >= 0.3 is 5.97 Å². The number of methoxy groups -OCH3 is 2. The van der Waals surface area contributed by atoms with E-state index in [1.807, 2.05) is 30.3 Å². The fourth-order valence-electron chi connectivity index (χ4n) is 4.58. The zero-order valence-corrected chi connectivity index (χ0v) is 21.1. The first-order chi connectivity index (χ1) is 17.5. The van der Waals surface area contributed by atoms with Crippen LogP contribution in [-0.4, -0.2) is 26.8 Å². The zero-order valence-electron chi connectivity index (χ0n) is 21.1. The summed E-state index contributed by atoms with van der Waals surface area (Å²) in [4.78, 5) is 11.8. The van der Waals surface area contributed by atoms with Gasteiger partial charge in [0, 0.05) is 11.1 Å². The molecule has 1 atom stereocenters. The fraction of sp³-hybridized carbons (Fsp3) is 0.367. The third-order valence-corrected chi connectivity index (χ3v) is 6.63. The highest BCUT2D eigenvalue weighted by molar-refractivity contribution is 5.73. The van der Waals surface area contributed by atoms with Crippen molar-refractivity contribution in [3.8, 4) is 28.4 Å². The molecule has 190 valence electrons. The molecular weight excluding hydrogens is 459 g/mol. The Morgan fingerprint density at radius 1 is 0.972 bits per heavy atom. The van der Waals surface area contributed by atoms with Gasteiger partial charge in [-0.2, -0.15) is 0 Å². The van der Waals surface area contributed by atoms with Gasteiger partial charge in [0.1, 0.15) is 29.7 Å². The molecule has 0 heterocycles. The Morgan fingerprint density at radius 2 is 1.81 bits per heavy atom. The van der Waals surface area contributed by atoms with E-state index in [1.165, 1.54) is 18.7 Å². The van der Waals surface area contributed by atoms with Crippen LogP contribution in [0.5, 0.6) is 17.2 Å². The molecule has 0 unspecified atom stereocenters. The molecule has 0 saturated carbocycles. The number of fused-ring (bicyclic) bond motifs is 1. The van der Waals surface area contributed by atoms with Gasteiger partial charge in [-0.1, -0.05) is 31.5 Å². The van der Waals surface area contributed by atoms with Gasteiger partial charge in [-0.05, 0) is 78.3 Å². The summed E-state index contributed by atoms with van der Waals surface area (Å²) in [5, 5.41) is 0. The van der Waals surface area contributed by atoms with Crippen molar-refractivity contribution in [3.05, 3.63) is 77.1 Å². The lowest BCUT2D eigenvalue weighted by Gasteiger charge is -2.16. The van der Waals surface area contributed by atoms with Gasteiger partial charge in [-0.25, -0.2) is 4.39 Å². The highest BCUT2D eigenvalue weighted by Crippen LogP contribution is 2.38. The van der Waals surface area contributed by atoms with Crippen LogP contribution < -0.4 is 14.2 Å². The zero-order chi connectivity index (χ0) is 25.5. The van der Waals surface area contributed by atoms with E-state index in [1.54, 1.807) is 19.2 Å². The lowest BCUT2D eigenvalue weighted by Crippen LogP contribution is -2.06. The maximum atomic E-state index is 14.7. The largest absolute Gasteiger partial charge is 0.497 e.